The lowest BCUT2D eigenvalue weighted by Crippen LogP contribution is -2.56. The van der Waals surface area contributed by atoms with Gasteiger partial charge in [0.1, 0.15) is 6.04 Å². The molecule has 5 heteroatoms. The molecule has 3 unspecified atom stereocenters. The van der Waals surface area contributed by atoms with Gasteiger partial charge in [0.2, 0.25) is 5.91 Å². The van der Waals surface area contributed by atoms with E-state index in [1.807, 2.05) is 0 Å². The number of aliphatic hydroxyl groups is 2. The summed E-state index contributed by atoms with van der Waals surface area (Å²) in [7, 11) is 0. The van der Waals surface area contributed by atoms with Crippen LogP contribution in [0, 0.1) is 28.6 Å². The highest BCUT2D eigenvalue weighted by atomic mass is 16.3. The van der Waals surface area contributed by atoms with Gasteiger partial charge in [-0.05, 0) is 80.0 Å². The number of fused-ring (bicyclic) bond motifs is 5. The molecule has 0 spiro atoms. The predicted octanol–water partition coefficient (Wildman–Crippen LogP) is 2.11. The fourth-order valence-corrected chi connectivity index (χ4v) is 7.24. The Morgan fingerprint density at radius 2 is 2.04 bits per heavy atom. The molecule has 3 fully saturated rings. The van der Waals surface area contributed by atoms with Crippen molar-refractivity contribution in [2.75, 3.05) is 6.61 Å². The second-order valence-electron chi connectivity index (χ2n) is 10.1. The number of nitrogens with two attached hydrogens (primary N) is 1. The van der Waals surface area contributed by atoms with Crippen molar-refractivity contribution in [1.29, 1.82) is 0 Å². The fourth-order valence-electron chi connectivity index (χ4n) is 7.24. The highest BCUT2D eigenvalue weighted by Gasteiger charge is 2.58. The minimum Gasteiger partial charge on any atom is -0.394 e. The smallest absolute Gasteiger partial charge is 0.239 e. The van der Waals surface area contributed by atoms with E-state index in [1.54, 1.807) is 0 Å². The van der Waals surface area contributed by atoms with Crippen molar-refractivity contribution >= 4 is 5.91 Å². The maximum atomic E-state index is 12.3. The standard InChI is InChI=1S/C22H36N2O3/c1-21-9-7-14(26)11-13(21)3-4-15-16-5-6-19(24-20(27)18(23)12-25)22(16,2)10-8-17(15)21/h3,14-19,25-26H,4-12,23H2,1-2H3,(H,24,27)/t14-,15?,16?,17?,18-,19-,21-,22-/m0/s1. The van der Waals surface area contributed by atoms with Crippen LogP contribution in [0.25, 0.3) is 0 Å². The number of hydrogen-bond donors (Lipinski definition) is 4. The van der Waals surface area contributed by atoms with Gasteiger partial charge in [0.25, 0.3) is 0 Å². The lowest BCUT2D eigenvalue weighted by Gasteiger charge is -2.58. The summed E-state index contributed by atoms with van der Waals surface area (Å²) in [6.45, 7) is 4.50. The maximum absolute atomic E-state index is 12.3. The van der Waals surface area contributed by atoms with Gasteiger partial charge in [-0.15, -0.1) is 0 Å². The molecule has 5 N–H and O–H groups in total. The Morgan fingerprint density at radius 1 is 1.26 bits per heavy atom. The number of carbonyl (C=O) groups excluding carboxylic acids is 1. The summed E-state index contributed by atoms with van der Waals surface area (Å²) < 4.78 is 0. The van der Waals surface area contributed by atoms with Crippen LogP contribution >= 0.6 is 0 Å². The van der Waals surface area contributed by atoms with Crippen LogP contribution in [0.3, 0.4) is 0 Å². The zero-order chi connectivity index (χ0) is 19.4. The van der Waals surface area contributed by atoms with Crippen molar-refractivity contribution in [3.63, 3.8) is 0 Å². The van der Waals surface area contributed by atoms with Gasteiger partial charge in [-0.2, -0.15) is 0 Å². The summed E-state index contributed by atoms with van der Waals surface area (Å²) in [5, 5.41) is 22.5. The Kier molecular flexibility index (Phi) is 4.93. The molecule has 0 radical (unpaired) electrons. The molecule has 4 aliphatic rings. The van der Waals surface area contributed by atoms with E-state index in [0.29, 0.717) is 17.8 Å². The van der Waals surface area contributed by atoms with Crippen molar-refractivity contribution in [2.24, 2.45) is 34.3 Å². The molecule has 0 aromatic rings. The summed E-state index contributed by atoms with van der Waals surface area (Å²) in [5.74, 6) is 1.80. The molecular weight excluding hydrogens is 340 g/mol. The highest BCUT2D eigenvalue weighted by Crippen LogP contribution is 2.64. The molecule has 0 bridgehead atoms. The van der Waals surface area contributed by atoms with Gasteiger partial charge in [0.15, 0.2) is 0 Å². The number of nitrogens with one attached hydrogen (secondary N) is 1. The third-order valence-electron chi connectivity index (χ3n) is 8.93. The number of hydrogen-bond acceptors (Lipinski definition) is 4. The minimum atomic E-state index is -0.822. The van der Waals surface area contributed by atoms with E-state index in [2.05, 4.69) is 25.2 Å². The largest absolute Gasteiger partial charge is 0.394 e. The van der Waals surface area contributed by atoms with Crippen molar-refractivity contribution < 1.29 is 15.0 Å². The molecule has 0 heterocycles. The summed E-state index contributed by atoms with van der Waals surface area (Å²) in [6, 6.07) is -0.656. The van der Waals surface area contributed by atoms with Crippen LogP contribution in [0.5, 0.6) is 0 Å². The minimum absolute atomic E-state index is 0.127. The molecule has 1 amide bonds. The third-order valence-corrected chi connectivity index (χ3v) is 8.93. The number of rotatable bonds is 3. The zero-order valence-electron chi connectivity index (χ0n) is 16.8. The lowest BCUT2D eigenvalue weighted by atomic mass is 9.48. The quantitative estimate of drug-likeness (QED) is 0.567. The van der Waals surface area contributed by atoms with E-state index >= 15 is 0 Å². The van der Waals surface area contributed by atoms with Crippen LogP contribution < -0.4 is 11.1 Å². The number of amides is 1. The molecule has 0 aromatic carbocycles. The molecular formula is C22H36N2O3. The van der Waals surface area contributed by atoms with E-state index in [4.69, 9.17) is 5.73 Å². The monoisotopic (exact) mass is 376 g/mol. The molecule has 4 rings (SSSR count). The third kappa shape index (κ3) is 2.97. The van der Waals surface area contributed by atoms with Gasteiger partial charge in [-0.3, -0.25) is 4.79 Å². The Hall–Kier alpha value is -0.910. The SMILES string of the molecule is C[C@]12CC[C@H](O)CC1=CCC1C2CC[C@@]2(C)C1CC[C@@H]2NC(=O)[C@@H](N)CO. The van der Waals surface area contributed by atoms with Gasteiger partial charge in [0.05, 0.1) is 12.7 Å². The van der Waals surface area contributed by atoms with Gasteiger partial charge < -0.3 is 21.3 Å². The summed E-state index contributed by atoms with van der Waals surface area (Å²) in [5.41, 5.74) is 7.61. The number of allylic oxidation sites excluding steroid dienone is 1. The topological polar surface area (TPSA) is 95.6 Å². The number of carbonyl (C=O) groups is 1. The summed E-state index contributed by atoms with van der Waals surface area (Å²) in [4.78, 5) is 12.3. The molecule has 152 valence electrons. The Balaban J connectivity index is 1.54. The van der Waals surface area contributed by atoms with E-state index in [9.17, 15) is 15.0 Å². The Bertz CT molecular complexity index is 635. The lowest BCUT2D eigenvalue weighted by molar-refractivity contribution is -0.125. The van der Waals surface area contributed by atoms with E-state index in [-0.39, 0.29) is 35.5 Å². The predicted molar refractivity (Wildman–Crippen MR) is 105 cm³/mol. The fraction of sp³-hybridized carbons (Fsp3) is 0.864. The van der Waals surface area contributed by atoms with Crippen LogP contribution in [0.15, 0.2) is 11.6 Å². The number of aliphatic hydroxyl groups excluding tert-OH is 2. The van der Waals surface area contributed by atoms with Gasteiger partial charge >= 0.3 is 0 Å². The van der Waals surface area contributed by atoms with Crippen LogP contribution in [0.1, 0.15) is 65.2 Å². The van der Waals surface area contributed by atoms with E-state index < -0.39 is 6.04 Å². The van der Waals surface area contributed by atoms with E-state index in [0.717, 1.165) is 38.5 Å². The summed E-state index contributed by atoms with van der Waals surface area (Å²) in [6.07, 6.45) is 10.8. The molecule has 4 aliphatic carbocycles. The normalized spacial score (nSPS) is 47.3. The van der Waals surface area contributed by atoms with Crippen molar-refractivity contribution in [1.82, 2.24) is 5.32 Å². The van der Waals surface area contributed by atoms with E-state index in [1.165, 1.54) is 18.4 Å². The van der Waals surface area contributed by atoms with Crippen molar-refractivity contribution in [2.45, 2.75) is 83.4 Å². The van der Waals surface area contributed by atoms with Crippen LogP contribution in [-0.4, -0.2) is 40.9 Å². The molecule has 27 heavy (non-hydrogen) atoms. The highest BCUT2D eigenvalue weighted by molar-refractivity contribution is 5.82. The van der Waals surface area contributed by atoms with Crippen LogP contribution in [-0.2, 0) is 4.79 Å². The first-order valence-corrected chi connectivity index (χ1v) is 10.8. The first-order valence-electron chi connectivity index (χ1n) is 10.8. The molecule has 0 saturated heterocycles. The Morgan fingerprint density at radius 3 is 2.78 bits per heavy atom. The van der Waals surface area contributed by atoms with Crippen LogP contribution in [0.4, 0.5) is 0 Å². The zero-order valence-corrected chi connectivity index (χ0v) is 16.8. The second-order valence-corrected chi connectivity index (χ2v) is 10.1. The molecule has 5 nitrogen and oxygen atoms in total. The summed E-state index contributed by atoms with van der Waals surface area (Å²) >= 11 is 0. The molecule has 0 aromatic heterocycles. The van der Waals surface area contributed by atoms with Crippen molar-refractivity contribution in [3.8, 4) is 0 Å². The Labute approximate surface area is 162 Å². The van der Waals surface area contributed by atoms with Crippen molar-refractivity contribution in [3.05, 3.63) is 11.6 Å². The van der Waals surface area contributed by atoms with Gasteiger partial charge in [-0.1, -0.05) is 25.5 Å². The first-order chi connectivity index (χ1) is 12.8. The average molecular weight is 377 g/mol. The van der Waals surface area contributed by atoms with Gasteiger partial charge in [-0.25, -0.2) is 0 Å². The van der Waals surface area contributed by atoms with Gasteiger partial charge in [0, 0.05) is 6.04 Å². The molecule has 0 aliphatic heterocycles. The second kappa shape index (κ2) is 6.85. The van der Waals surface area contributed by atoms with Crippen LogP contribution in [0.2, 0.25) is 0 Å². The first kappa shape index (κ1) is 19.4. The molecule has 3 saturated carbocycles. The maximum Gasteiger partial charge on any atom is 0.239 e. The average Bonchev–Trinajstić information content (AvgIpc) is 2.98. The molecule has 8 atom stereocenters.